The molecule has 1 amide bonds. The van der Waals surface area contributed by atoms with Crippen molar-refractivity contribution in [2.24, 2.45) is 0 Å². The first-order valence-electron chi connectivity index (χ1n) is 6.10. The summed E-state index contributed by atoms with van der Waals surface area (Å²) in [5, 5.41) is 5.93. The Balaban J connectivity index is 2.00. The van der Waals surface area contributed by atoms with Gasteiger partial charge in [0.25, 0.3) is 0 Å². The average molecular weight is 228 g/mol. The number of nitrogens with zero attached hydrogens (tertiary/aromatic N) is 2. The zero-order valence-corrected chi connectivity index (χ0v) is 10.5. The summed E-state index contributed by atoms with van der Waals surface area (Å²) in [6, 6.07) is 0. The summed E-state index contributed by atoms with van der Waals surface area (Å²) in [6.45, 7) is 9.47. The summed E-state index contributed by atoms with van der Waals surface area (Å²) in [5.41, 5.74) is 0. The number of piperazine rings is 1. The molecule has 0 radical (unpaired) electrons. The lowest BCUT2D eigenvalue weighted by molar-refractivity contribution is -0.120. The molecule has 1 fully saturated rings. The molecule has 0 aromatic carbocycles. The van der Waals surface area contributed by atoms with Crippen molar-refractivity contribution in [3.63, 3.8) is 0 Å². The van der Waals surface area contributed by atoms with Crippen LogP contribution in [-0.4, -0.2) is 75.1 Å². The quantitative estimate of drug-likeness (QED) is 0.610. The van der Waals surface area contributed by atoms with Crippen LogP contribution < -0.4 is 10.6 Å². The molecule has 1 aliphatic rings. The first kappa shape index (κ1) is 13.4. The van der Waals surface area contributed by atoms with E-state index in [4.69, 9.17) is 0 Å². The number of carbonyl (C=O) groups excluding carboxylic acids is 1. The SMILES string of the molecule is CCNCC(=O)NCCN1CCN(C)CC1. The second-order valence-electron chi connectivity index (χ2n) is 4.28. The van der Waals surface area contributed by atoms with Gasteiger partial charge in [-0.2, -0.15) is 0 Å². The van der Waals surface area contributed by atoms with Crippen molar-refractivity contribution in [1.82, 2.24) is 20.4 Å². The number of likely N-dealkylation sites (N-methyl/N-ethyl adjacent to an activating group) is 2. The van der Waals surface area contributed by atoms with Crippen LogP contribution in [0.2, 0.25) is 0 Å². The highest BCUT2D eigenvalue weighted by Gasteiger charge is 2.12. The van der Waals surface area contributed by atoms with Gasteiger partial charge in [0.15, 0.2) is 0 Å². The summed E-state index contributed by atoms with van der Waals surface area (Å²) < 4.78 is 0. The minimum atomic E-state index is 0.0935. The number of hydrogen-bond donors (Lipinski definition) is 2. The minimum absolute atomic E-state index is 0.0935. The van der Waals surface area contributed by atoms with Crippen molar-refractivity contribution in [3.05, 3.63) is 0 Å². The number of carbonyl (C=O) groups is 1. The molecular formula is C11H24N4O. The highest BCUT2D eigenvalue weighted by Crippen LogP contribution is 1.97. The zero-order chi connectivity index (χ0) is 11.8. The smallest absolute Gasteiger partial charge is 0.234 e. The average Bonchev–Trinajstić information content (AvgIpc) is 2.29. The molecule has 5 nitrogen and oxygen atoms in total. The highest BCUT2D eigenvalue weighted by molar-refractivity contribution is 5.77. The van der Waals surface area contributed by atoms with Crippen molar-refractivity contribution < 1.29 is 4.79 Å². The first-order valence-corrected chi connectivity index (χ1v) is 6.10. The maximum atomic E-state index is 11.3. The van der Waals surface area contributed by atoms with Crippen LogP contribution in [0.5, 0.6) is 0 Å². The van der Waals surface area contributed by atoms with Crippen LogP contribution in [-0.2, 0) is 4.79 Å². The Bertz CT molecular complexity index is 202. The maximum Gasteiger partial charge on any atom is 0.234 e. The molecule has 2 N–H and O–H groups in total. The third kappa shape index (κ3) is 5.44. The van der Waals surface area contributed by atoms with E-state index in [0.717, 1.165) is 45.8 Å². The Morgan fingerprint density at radius 2 is 1.94 bits per heavy atom. The van der Waals surface area contributed by atoms with Crippen LogP contribution in [0.1, 0.15) is 6.92 Å². The molecule has 1 rings (SSSR count). The van der Waals surface area contributed by atoms with Crippen molar-refractivity contribution in [3.8, 4) is 0 Å². The van der Waals surface area contributed by atoms with Crippen LogP contribution in [0.15, 0.2) is 0 Å². The summed E-state index contributed by atoms with van der Waals surface area (Å²) in [5.74, 6) is 0.0935. The van der Waals surface area contributed by atoms with E-state index >= 15 is 0 Å². The van der Waals surface area contributed by atoms with Gasteiger partial charge in [-0.25, -0.2) is 0 Å². The summed E-state index contributed by atoms with van der Waals surface area (Å²) in [4.78, 5) is 16.0. The number of amides is 1. The molecule has 0 saturated carbocycles. The van der Waals surface area contributed by atoms with Crippen LogP contribution >= 0.6 is 0 Å². The molecular weight excluding hydrogens is 204 g/mol. The topological polar surface area (TPSA) is 47.6 Å². The van der Waals surface area contributed by atoms with Gasteiger partial charge in [-0.05, 0) is 13.6 Å². The third-order valence-corrected chi connectivity index (χ3v) is 2.88. The van der Waals surface area contributed by atoms with Gasteiger partial charge in [0, 0.05) is 39.3 Å². The Labute approximate surface area is 98.2 Å². The summed E-state index contributed by atoms with van der Waals surface area (Å²) >= 11 is 0. The highest BCUT2D eigenvalue weighted by atomic mass is 16.1. The molecule has 0 aromatic rings. The second-order valence-corrected chi connectivity index (χ2v) is 4.28. The van der Waals surface area contributed by atoms with Gasteiger partial charge in [-0.15, -0.1) is 0 Å². The van der Waals surface area contributed by atoms with Crippen molar-refractivity contribution in [2.45, 2.75) is 6.92 Å². The molecule has 0 unspecified atom stereocenters. The standard InChI is InChI=1S/C11H24N4O/c1-3-12-10-11(16)13-4-5-15-8-6-14(2)7-9-15/h12H,3-10H2,1-2H3,(H,13,16). The van der Waals surface area contributed by atoms with Gasteiger partial charge in [0.1, 0.15) is 0 Å². The summed E-state index contributed by atoms with van der Waals surface area (Å²) in [6.07, 6.45) is 0. The monoisotopic (exact) mass is 228 g/mol. The summed E-state index contributed by atoms with van der Waals surface area (Å²) in [7, 11) is 2.15. The van der Waals surface area contributed by atoms with Gasteiger partial charge in [0.05, 0.1) is 6.54 Å². The van der Waals surface area contributed by atoms with E-state index in [-0.39, 0.29) is 5.91 Å². The normalized spacial score (nSPS) is 18.6. The number of hydrogen-bond acceptors (Lipinski definition) is 4. The second kappa shape index (κ2) is 7.60. The fourth-order valence-corrected chi connectivity index (χ4v) is 1.73. The van der Waals surface area contributed by atoms with Gasteiger partial charge in [-0.3, -0.25) is 9.69 Å². The van der Waals surface area contributed by atoms with E-state index < -0.39 is 0 Å². The molecule has 1 saturated heterocycles. The Morgan fingerprint density at radius 1 is 1.25 bits per heavy atom. The van der Waals surface area contributed by atoms with Crippen LogP contribution in [0, 0.1) is 0 Å². The van der Waals surface area contributed by atoms with E-state index in [1.54, 1.807) is 0 Å². The van der Waals surface area contributed by atoms with Crippen LogP contribution in [0.3, 0.4) is 0 Å². The number of nitrogens with one attached hydrogen (secondary N) is 2. The largest absolute Gasteiger partial charge is 0.354 e. The minimum Gasteiger partial charge on any atom is -0.354 e. The first-order chi connectivity index (χ1) is 7.72. The van der Waals surface area contributed by atoms with Crippen molar-refractivity contribution in [1.29, 1.82) is 0 Å². The predicted molar refractivity (Wildman–Crippen MR) is 65.5 cm³/mol. The van der Waals surface area contributed by atoms with Crippen molar-refractivity contribution >= 4 is 5.91 Å². The molecule has 0 aromatic heterocycles. The molecule has 0 aliphatic carbocycles. The van der Waals surface area contributed by atoms with E-state index in [1.165, 1.54) is 0 Å². The van der Waals surface area contributed by atoms with Gasteiger partial charge < -0.3 is 15.5 Å². The lowest BCUT2D eigenvalue weighted by Crippen LogP contribution is -2.47. The van der Waals surface area contributed by atoms with Gasteiger partial charge >= 0.3 is 0 Å². The molecule has 1 heterocycles. The van der Waals surface area contributed by atoms with Crippen molar-refractivity contribution in [2.75, 3.05) is 59.4 Å². The molecule has 5 heteroatoms. The van der Waals surface area contributed by atoms with E-state index in [9.17, 15) is 4.79 Å². The lowest BCUT2D eigenvalue weighted by Gasteiger charge is -2.32. The van der Waals surface area contributed by atoms with E-state index in [2.05, 4.69) is 27.5 Å². The number of rotatable bonds is 6. The molecule has 0 bridgehead atoms. The Kier molecular flexibility index (Phi) is 6.37. The molecule has 0 spiro atoms. The van der Waals surface area contributed by atoms with Crippen LogP contribution in [0.25, 0.3) is 0 Å². The van der Waals surface area contributed by atoms with E-state index in [0.29, 0.717) is 6.54 Å². The Morgan fingerprint density at radius 3 is 2.56 bits per heavy atom. The third-order valence-electron chi connectivity index (χ3n) is 2.88. The van der Waals surface area contributed by atoms with E-state index in [1.807, 2.05) is 6.92 Å². The van der Waals surface area contributed by atoms with Gasteiger partial charge in [0.2, 0.25) is 5.91 Å². The maximum absolute atomic E-state index is 11.3. The molecule has 0 atom stereocenters. The fraction of sp³-hybridized carbons (Fsp3) is 0.909. The molecule has 94 valence electrons. The lowest BCUT2D eigenvalue weighted by atomic mass is 10.3. The van der Waals surface area contributed by atoms with Gasteiger partial charge in [-0.1, -0.05) is 6.92 Å². The fourth-order valence-electron chi connectivity index (χ4n) is 1.73. The molecule has 1 aliphatic heterocycles. The zero-order valence-electron chi connectivity index (χ0n) is 10.5. The molecule has 16 heavy (non-hydrogen) atoms. The Hall–Kier alpha value is -0.650. The predicted octanol–water partition coefficient (Wildman–Crippen LogP) is -1.04. The van der Waals surface area contributed by atoms with Crippen LogP contribution in [0.4, 0.5) is 0 Å².